The SMILES string of the molecule is CC(c1ccccc1)N1CC[C@H](NCc2ccccc2)[C@@H](O)C1. The molecule has 23 heavy (non-hydrogen) atoms. The predicted molar refractivity (Wildman–Crippen MR) is 94.1 cm³/mol. The van der Waals surface area contributed by atoms with E-state index in [9.17, 15) is 5.11 Å². The number of piperidine rings is 1. The van der Waals surface area contributed by atoms with Crippen molar-refractivity contribution < 1.29 is 5.11 Å². The molecule has 1 heterocycles. The topological polar surface area (TPSA) is 35.5 Å². The average Bonchev–Trinajstić information content (AvgIpc) is 2.61. The fourth-order valence-corrected chi connectivity index (χ4v) is 3.33. The molecule has 0 saturated carbocycles. The molecule has 0 aliphatic carbocycles. The normalized spacial score (nSPS) is 23.6. The number of rotatable bonds is 5. The monoisotopic (exact) mass is 310 g/mol. The molecule has 1 saturated heterocycles. The van der Waals surface area contributed by atoms with E-state index in [1.54, 1.807) is 0 Å². The number of β-amino-alcohol motifs (C(OH)–C–C–N with tert-alkyl or cyclic N) is 1. The minimum Gasteiger partial charge on any atom is -0.390 e. The van der Waals surface area contributed by atoms with Crippen molar-refractivity contribution in [2.24, 2.45) is 0 Å². The first-order chi connectivity index (χ1) is 11.2. The standard InChI is InChI=1S/C20H26N2O/c1-16(18-10-6-3-7-11-18)22-13-12-19(20(23)15-22)21-14-17-8-4-2-5-9-17/h2-11,16,19-21,23H,12-15H2,1H3/t16?,19-,20-/m0/s1. The largest absolute Gasteiger partial charge is 0.390 e. The van der Waals surface area contributed by atoms with Gasteiger partial charge < -0.3 is 10.4 Å². The second-order valence-electron chi connectivity index (χ2n) is 6.41. The van der Waals surface area contributed by atoms with Gasteiger partial charge >= 0.3 is 0 Å². The lowest BCUT2D eigenvalue weighted by Gasteiger charge is -2.39. The molecule has 2 N–H and O–H groups in total. The number of hydrogen-bond acceptors (Lipinski definition) is 3. The highest BCUT2D eigenvalue weighted by atomic mass is 16.3. The van der Waals surface area contributed by atoms with E-state index in [1.807, 2.05) is 12.1 Å². The van der Waals surface area contributed by atoms with Crippen LogP contribution in [0, 0.1) is 0 Å². The van der Waals surface area contributed by atoms with Gasteiger partial charge in [0.2, 0.25) is 0 Å². The summed E-state index contributed by atoms with van der Waals surface area (Å²) in [5.41, 5.74) is 2.58. The third-order valence-electron chi connectivity index (χ3n) is 4.85. The van der Waals surface area contributed by atoms with Gasteiger partial charge in [-0.05, 0) is 24.5 Å². The Labute approximate surface area is 139 Å². The van der Waals surface area contributed by atoms with Gasteiger partial charge in [-0.1, -0.05) is 60.7 Å². The highest BCUT2D eigenvalue weighted by Gasteiger charge is 2.29. The third-order valence-corrected chi connectivity index (χ3v) is 4.85. The first kappa shape index (κ1) is 16.2. The molecule has 0 radical (unpaired) electrons. The van der Waals surface area contributed by atoms with Crippen LogP contribution in [0.4, 0.5) is 0 Å². The first-order valence-electron chi connectivity index (χ1n) is 8.48. The van der Waals surface area contributed by atoms with Gasteiger partial charge in [0.05, 0.1) is 6.10 Å². The fraction of sp³-hybridized carbons (Fsp3) is 0.400. The van der Waals surface area contributed by atoms with E-state index in [1.165, 1.54) is 11.1 Å². The second kappa shape index (κ2) is 7.73. The molecule has 3 heteroatoms. The third kappa shape index (κ3) is 4.20. The van der Waals surface area contributed by atoms with Crippen molar-refractivity contribution in [3.63, 3.8) is 0 Å². The van der Waals surface area contributed by atoms with Crippen molar-refractivity contribution in [1.82, 2.24) is 10.2 Å². The van der Waals surface area contributed by atoms with Crippen LogP contribution in [0.25, 0.3) is 0 Å². The van der Waals surface area contributed by atoms with Crippen molar-refractivity contribution >= 4 is 0 Å². The lowest BCUT2D eigenvalue weighted by molar-refractivity contribution is 0.0230. The predicted octanol–water partition coefficient (Wildman–Crippen LogP) is 2.97. The van der Waals surface area contributed by atoms with Gasteiger partial charge in [-0.3, -0.25) is 4.90 Å². The Morgan fingerprint density at radius 3 is 2.39 bits per heavy atom. The van der Waals surface area contributed by atoms with Gasteiger partial charge in [0.1, 0.15) is 0 Å². The Hall–Kier alpha value is -1.68. The zero-order valence-electron chi connectivity index (χ0n) is 13.7. The van der Waals surface area contributed by atoms with Crippen molar-refractivity contribution in [3.8, 4) is 0 Å². The number of nitrogens with zero attached hydrogens (tertiary/aromatic N) is 1. The molecule has 3 nitrogen and oxygen atoms in total. The summed E-state index contributed by atoms with van der Waals surface area (Å²) in [7, 11) is 0. The molecule has 1 aliphatic rings. The molecule has 3 rings (SSSR count). The van der Waals surface area contributed by atoms with E-state index in [0.717, 1.165) is 26.1 Å². The van der Waals surface area contributed by atoms with Gasteiger partial charge in [0.25, 0.3) is 0 Å². The number of nitrogens with one attached hydrogen (secondary N) is 1. The van der Waals surface area contributed by atoms with Crippen LogP contribution >= 0.6 is 0 Å². The number of hydrogen-bond donors (Lipinski definition) is 2. The summed E-state index contributed by atoms with van der Waals surface area (Å²) in [6, 6.07) is 21.4. The summed E-state index contributed by atoms with van der Waals surface area (Å²) < 4.78 is 0. The van der Waals surface area contributed by atoms with E-state index in [0.29, 0.717) is 6.04 Å². The van der Waals surface area contributed by atoms with Gasteiger partial charge in [-0.2, -0.15) is 0 Å². The van der Waals surface area contributed by atoms with Crippen LogP contribution in [0.15, 0.2) is 60.7 Å². The summed E-state index contributed by atoms with van der Waals surface area (Å²) in [5, 5.41) is 14.0. The second-order valence-corrected chi connectivity index (χ2v) is 6.41. The molecule has 3 atom stereocenters. The summed E-state index contributed by atoms with van der Waals surface area (Å²) in [6.07, 6.45) is 0.657. The van der Waals surface area contributed by atoms with Crippen molar-refractivity contribution in [2.75, 3.05) is 13.1 Å². The van der Waals surface area contributed by atoms with E-state index < -0.39 is 0 Å². The quantitative estimate of drug-likeness (QED) is 0.891. The molecule has 0 bridgehead atoms. The van der Waals surface area contributed by atoms with Crippen LogP contribution in [0.1, 0.15) is 30.5 Å². The number of likely N-dealkylation sites (tertiary alicyclic amines) is 1. The van der Waals surface area contributed by atoms with Crippen molar-refractivity contribution in [2.45, 2.75) is 38.1 Å². The molecular weight excluding hydrogens is 284 g/mol. The number of aliphatic hydroxyl groups excluding tert-OH is 1. The number of aliphatic hydroxyl groups is 1. The first-order valence-corrected chi connectivity index (χ1v) is 8.48. The minimum atomic E-state index is -0.321. The lowest BCUT2D eigenvalue weighted by Crippen LogP contribution is -2.52. The van der Waals surface area contributed by atoms with Crippen LogP contribution < -0.4 is 5.32 Å². The molecule has 1 unspecified atom stereocenters. The van der Waals surface area contributed by atoms with Crippen LogP contribution in [0.2, 0.25) is 0 Å². The lowest BCUT2D eigenvalue weighted by atomic mass is 9.98. The highest BCUT2D eigenvalue weighted by molar-refractivity contribution is 5.19. The smallest absolute Gasteiger partial charge is 0.0820 e. The van der Waals surface area contributed by atoms with Gasteiger partial charge in [-0.15, -0.1) is 0 Å². The fourth-order valence-electron chi connectivity index (χ4n) is 3.33. The Balaban J connectivity index is 1.53. The maximum atomic E-state index is 10.5. The summed E-state index contributed by atoms with van der Waals surface area (Å²) in [6.45, 7) is 4.78. The zero-order valence-corrected chi connectivity index (χ0v) is 13.7. The van der Waals surface area contributed by atoms with E-state index in [4.69, 9.17) is 0 Å². The maximum absolute atomic E-state index is 10.5. The zero-order chi connectivity index (χ0) is 16.1. The summed E-state index contributed by atoms with van der Waals surface area (Å²) >= 11 is 0. The van der Waals surface area contributed by atoms with Crippen LogP contribution in [0.5, 0.6) is 0 Å². The van der Waals surface area contributed by atoms with Gasteiger partial charge in [-0.25, -0.2) is 0 Å². The Morgan fingerprint density at radius 2 is 1.74 bits per heavy atom. The molecular formula is C20H26N2O. The highest BCUT2D eigenvalue weighted by Crippen LogP contribution is 2.24. The van der Waals surface area contributed by atoms with E-state index in [2.05, 4.69) is 65.7 Å². The molecule has 0 spiro atoms. The van der Waals surface area contributed by atoms with E-state index >= 15 is 0 Å². The van der Waals surface area contributed by atoms with Crippen LogP contribution in [0.3, 0.4) is 0 Å². The average molecular weight is 310 g/mol. The molecule has 1 aliphatic heterocycles. The van der Waals surface area contributed by atoms with E-state index in [-0.39, 0.29) is 12.1 Å². The van der Waals surface area contributed by atoms with Crippen molar-refractivity contribution in [3.05, 3.63) is 71.8 Å². The number of benzene rings is 2. The van der Waals surface area contributed by atoms with Crippen LogP contribution in [-0.4, -0.2) is 35.2 Å². The minimum absolute atomic E-state index is 0.175. The summed E-state index contributed by atoms with van der Waals surface area (Å²) in [5.74, 6) is 0. The Bertz CT molecular complexity index is 587. The molecule has 0 amide bonds. The molecule has 2 aromatic rings. The van der Waals surface area contributed by atoms with Crippen LogP contribution in [-0.2, 0) is 6.54 Å². The summed E-state index contributed by atoms with van der Waals surface area (Å²) in [4.78, 5) is 2.38. The Morgan fingerprint density at radius 1 is 1.09 bits per heavy atom. The van der Waals surface area contributed by atoms with Crippen molar-refractivity contribution in [1.29, 1.82) is 0 Å². The van der Waals surface area contributed by atoms with Gasteiger partial charge in [0.15, 0.2) is 0 Å². The van der Waals surface area contributed by atoms with Gasteiger partial charge in [0, 0.05) is 31.7 Å². The molecule has 122 valence electrons. The molecule has 1 fully saturated rings. The molecule has 2 aromatic carbocycles. The Kier molecular flexibility index (Phi) is 5.44. The molecule has 0 aromatic heterocycles. The maximum Gasteiger partial charge on any atom is 0.0820 e.